The first-order chi connectivity index (χ1) is 15.3. The van der Waals surface area contributed by atoms with Gasteiger partial charge in [0.05, 0.1) is 5.19 Å². The monoisotopic (exact) mass is 422 g/mol. The van der Waals surface area contributed by atoms with Crippen molar-refractivity contribution in [1.82, 2.24) is 0 Å². The van der Waals surface area contributed by atoms with Gasteiger partial charge in [-0.25, -0.2) is 0 Å². The van der Waals surface area contributed by atoms with E-state index in [1.165, 1.54) is 10.8 Å². The van der Waals surface area contributed by atoms with E-state index in [2.05, 4.69) is 48.5 Å². The topological polar surface area (TPSA) is 27.7 Å². The molecule has 0 saturated heterocycles. The normalized spacial score (nSPS) is 11.5. The van der Waals surface area contributed by atoms with Crippen LogP contribution in [0.2, 0.25) is 0 Å². The summed E-state index contributed by atoms with van der Waals surface area (Å²) >= 11 is 0. The molecule has 0 amide bonds. The summed E-state index contributed by atoms with van der Waals surface area (Å²) < 4.78 is 19.3. The molecule has 0 aromatic heterocycles. The fourth-order valence-corrected chi connectivity index (χ4v) is 6.23. The van der Waals surface area contributed by atoms with Gasteiger partial charge in [-0.2, -0.15) is 0 Å². The lowest BCUT2D eigenvalue weighted by atomic mass is 10.0. The van der Waals surface area contributed by atoms with Crippen molar-refractivity contribution in [3.05, 3.63) is 115 Å². The zero-order valence-electron chi connectivity index (χ0n) is 17.2. The van der Waals surface area contributed by atoms with E-state index in [9.17, 15) is 0 Å². The number of para-hydroxylation sites is 2. The van der Waals surface area contributed by atoms with Crippen LogP contribution in [0.1, 0.15) is 0 Å². The Kier molecular flexibility index (Phi) is 5.16. The zero-order valence-corrected chi connectivity index (χ0v) is 18.2. The molecule has 0 saturated carbocycles. The van der Waals surface area contributed by atoms with Crippen LogP contribution in [0.5, 0.6) is 11.5 Å². The fraction of sp³-hybridized carbons (Fsp3) is 0.0370. The van der Waals surface area contributed by atoms with Crippen LogP contribution < -0.4 is 14.0 Å². The molecule has 0 N–H and O–H groups in total. The van der Waals surface area contributed by atoms with Crippen molar-refractivity contribution in [2.75, 3.05) is 7.11 Å². The molecular weight excluding hydrogens is 400 g/mol. The molecule has 0 aliphatic heterocycles. The highest BCUT2D eigenvalue weighted by atomic mass is 28.4. The van der Waals surface area contributed by atoms with E-state index >= 15 is 0 Å². The van der Waals surface area contributed by atoms with Gasteiger partial charge < -0.3 is 13.3 Å². The van der Waals surface area contributed by atoms with Crippen LogP contribution in [0.4, 0.5) is 0 Å². The lowest BCUT2D eigenvalue weighted by Gasteiger charge is -2.30. The summed E-state index contributed by atoms with van der Waals surface area (Å²) in [5.74, 6) is 1.43. The summed E-state index contributed by atoms with van der Waals surface area (Å²) in [6, 6.07) is 38.4. The Bertz CT molecular complexity index is 1280. The fourth-order valence-electron chi connectivity index (χ4n) is 3.85. The van der Waals surface area contributed by atoms with Crippen LogP contribution in [0.15, 0.2) is 115 Å². The van der Waals surface area contributed by atoms with Crippen LogP contribution in [-0.4, -0.2) is 15.9 Å². The van der Waals surface area contributed by atoms with Gasteiger partial charge >= 0.3 is 8.80 Å². The third kappa shape index (κ3) is 3.79. The molecule has 0 spiro atoms. The SMILES string of the molecule is CO[Si](Oc1ccccc1)(Oc1ccccc1)c1cccc2cc3ccccc3cc12. The Hall–Kier alpha value is -3.60. The van der Waals surface area contributed by atoms with E-state index in [0.29, 0.717) is 11.5 Å². The van der Waals surface area contributed by atoms with Gasteiger partial charge in [-0.15, -0.1) is 0 Å². The molecule has 0 aliphatic rings. The van der Waals surface area contributed by atoms with Crippen molar-refractivity contribution < 1.29 is 13.3 Å². The van der Waals surface area contributed by atoms with Crippen molar-refractivity contribution in [1.29, 1.82) is 0 Å². The van der Waals surface area contributed by atoms with Gasteiger partial charge in [0.2, 0.25) is 0 Å². The van der Waals surface area contributed by atoms with Gasteiger partial charge in [0.15, 0.2) is 0 Å². The summed E-state index contributed by atoms with van der Waals surface area (Å²) in [4.78, 5) is 0. The van der Waals surface area contributed by atoms with Crippen LogP contribution in [0.25, 0.3) is 21.5 Å². The molecule has 0 radical (unpaired) electrons. The van der Waals surface area contributed by atoms with Crippen LogP contribution >= 0.6 is 0 Å². The molecule has 5 aromatic carbocycles. The number of hydrogen-bond donors (Lipinski definition) is 0. The second kappa shape index (κ2) is 8.26. The second-order valence-corrected chi connectivity index (χ2v) is 9.78. The minimum absolute atomic E-state index is 0.713. The lowest BCUT2D eigenvalue weighted by Crippen LogP contribution is -2.61. The third-order valence-corrected chi connectivity index (χ3v) is 7.98. The summed E-state index contributed by atoms with van der Waals surface area (Å²) in [5.41, 5.74) is 0. The van der Waals surface area contributed by atoms with E-state index in [-0.39, 0.29) is 0 Å². The molecule has 0 aliphatic carbocycles. The Labute approximate surface area is 182 Å². The first-order valence-electron chi connectivity index (χ1n) is 10.2. The summed E-state index contributed by atoms with van der Waals surface area (Å²) in [6.45, 7) is 0. The Morgan fingerprint density at radius 1 is 0.516 bits per heavy atom. The number of hydrogen-bond acceptors (Lipinski definition) is 3. The molecule has 152 valence electrons. The Balaban J connectivity index is 1.73. The van der Waals surface area contributed by atoms with Crippen LogP contribution in [-0.2, 0) is 4.43 Å². The van der Waals surface area contributed by atoms with E-state index < -0.39 is 8.80 Å². The molecule has 0 bridgehead atoms. The van der Waals surface area contributed by atoms with E-state index in [1.54, 1.807) is 7.11 Å². The lowest BCUT2D eigenvalue weighted by molar-refractivity contribution is 0.223. The van der Waals surface area contributed by atoms with Crippen molar-refractivity contribution in [3.8, 4) is 11.5 Å². The highest BCUT2D eigenvalue weighted by Gasteiger charge is 2.49. The molecule has 4 heteroatoms. The predicted octanol–water partition coefficient (Wildman–Crippen LogP) is 5.94. The van der Waals surface area contributed by atoms with Gasteiger partial charge in [0.25, 0.3) is 0 Å². The number of benzene rings is 5. The summed E-state index contributed by atoms with van der Waals surface area (Å²) in [7, 11) is -1.71. The van der Waals surface area contributed by atoms with E-state index in [0.717, 1.165) is 16.0 Å². The smallest absolute Gasteiger partial charge is 0.489 e. The average molecular weight is 423 g/mol. The Morgan fingerprint density at radius 3 is 1.61 bits per heavy atom. The largest absolute Gasteiger partial charge is 0.669 e. The van der Waals surface area contributed by atoms with Gasteiger partial charge in [-0.3, -0.25) is 0 Å². The quantitative estimate of drug-likeness (QED) is 0.250. The predicted molar refractivity (Wildman–Crippen MR) is 128 cm³/mol. The van der Waals surface area contributed by atoms with Crippen molar-refractivity contribution >= 4 is 35.5 Å². The first-order valence-corrected chi connectivity index (χ1v) is 12.0. The van der Waals surface area contributed by atoms with Gasteiger partial charge in [0, 0.05) is 7.11 Å². The highest BCUT2D eigenvalue weighted by Crippen LogP contribution is 2.27. The minimum Gasteiger partial charge on any atom is -0.489 e. The molecule has 31 heavy (non-hydrogen) atoms. The maximum atomic E-state index is 6.56. The van der Waals surface area contributed by atoms with Crippen molar-refractivity contribution in [2.24, 2.45) is 0 Å². The van der Waals surface area contributed by atoms with Crippen LogP contribution in [0, 0.1) is 0 Å². The zero-order chi connectivity index (χ0) is 21.1. The molecule has 5 rings (SSSR count). The van der Waals surface area contributed by atoms with E-state index in [4.69, 9.17) is 13.3 Å². The number of fused-ring (bicyclic) bond motifs is 2. The standard InChI is InChI=1S/C27H22O3Si/c1-28-31(29-24-14-4-2-5-15-24,30-25-16-6-3-7-17-25)27-18-10-13-23-19-21-11-8-9-12-22(21)20-26(23)27/h2-20H,1H3. The molecule has 5 aromatic rings. The maximum absolute atomic E-state index is 6.56. The summed E-state index contributed by atoms with van der Waals surface area (Å²) in [6.07, 6.45) is 0. The number of rotatable bonds is 6. The molecule has 0 heterocycles. The molecule has 3 nitrogen and oxygen atoms in total. The minimum atomic E-state index is -3.38. The highest BCUT2D eigenvalue weighted by molar-refractivity contribution is 6.79. The average Bonchev–Trinajstić information content (AvgIpc) is 2.83. The van der Waals surface area contributed by atoms with Crippen molar-refractivity contribution in [2.45, 2.75) is 0 Å². The first kappa shape index (κ1) is 19.4. The molecular formula is C27H22O3Si. The third-order valence-electron chi connectivity index (χ3n) is 5.34. The Morgan fingerprint density at radius 2 is 1.03 bits per heavy atom. The molecule has 0 unspecified atom stereocenters. The summed E-state index contributed by atoms with van der Waals surface area (Å²) in [5, 5.41) is 5.50. The van der Waals surface area contributed by atoms with E-state index in [1.807, 2.05) is 66.7 Å². The molecule has 0 atom stereocenters. The van der Waals surface area contributed by atoms with Crippen LogP contribution in [0.3, 0.4) is 0 Å². The van der Waals surface area contributed by atoms with Crippen molar-refractivity contribution in [3.63, 3.8) is 0 Å². The van der Waals surface area contributed by atoms with Gasteiger partial charge in [0.1, 0.15) is 11.5 Å². The molecule has 0 fully saturated rings. The van der Waals surface area contributed by atoms with Gasteiger partial charge in [-0.05, 0) is 57.9 Å². The maximum Gasteiger partial charge on any atom is 0.669 e. The second-order valence-electron chi connectivity index (χ2n) is 7.32. The van der Waals surface area contributed by atoms with Gasteiger partial charge in [-0.1, -0.05) is 78.9 Å².